The highest BCUT2D eigenvalue weighted by Gasteiger charge is 2.26. The van der Waals surface area contributed by atoms with Crippen LogP contribution in [0.15, 0.2) is 42.7 Å². The molecule has 0 aliphatic carbocycles. The van der Waals surface area contributed by atoms with E-state index >= 15 is 0 Å². The number of amides is 1. The molecular formula is C18H15ClN4O5S. The average molecular weight is 435 g/mol. The number of carbonyl (C=O) groups excluding carboxylic acids is 2. The molecule has 0 saturated carbocycles. The molecule has 0 bridgehead atoms. The molecule has 0 fully saturated rings. The first kappa shape index (κ1) is 20.5. The molecule has 1 amide bonds. The Morgan fingerprint density at radius 2 is 2.07 bits per heavy atom. The van der Waals surface area contributed by atoms with Crippen molar-refractivity contribution in [2.24, 2.45) is 0 Å². The first-order chi connectivity index (χ1) is 13.9. The summed E-state index contributed by atoms with van der Waals surface area (Å²) in [6, 6.07) is 9.04. The van der Waals surface area contributed by atoms with E-state index in [1.807, 2.05) is 6.07 Å². The summed E-state index contributed by atoms with van der Waals surface area (Å²) in [4.78, 5) is 35.1. The van der Waals surface area contributed by atoms with Gasteiger partial charge in [0.15, 0.2) is 0 Å². The summed E-state index contributed by atoms with van der Waals surface area (Å²) >= 11 is 7.41. The van der Waals surface area contributed by atoms with E-state index in [0.717, 1.165) is 28.4 Å². The molecule has 0 atom stereocenters. The fourth-order valence-corrected chi connectivity index (χ4v) is 3.99. The van der Waals surface area contributed by atoms with Gasteiger partial charge >= 0.3 is 11.7 Å². The average Bonchev–Trinajstić information content (AvgIpc) is 3.27. The maximum atomic E-state index is 12.6. The van der Waals surface area contributed by atoms with Crippen LogP contribution in [0.25, 0.3) is 11.1 Å². The van der Waals surface area contributed by atoms with Gasteiger partial charge in [0, 0.05) is 5.56 Å². The van der Waals surface area contributed by atoms with Crippen LogP contribution in [0.2, 0.25) is 4.34 Å². The Kier molecular flexibility index (Phi) is 6.25. The molecule has 3 rings (SSSR count). The molecule has 3 aromatic rings. The van der Waals surface area contributed by atoms with Crippen LogP contribution in [0.4, 0.5) is 10.7 Å². The number of halogens is 1. The molecular weight excluding hydrogens is 420 g/mol. The number of nitro groups is 1. The summed E-state index contributed by atoms with van der Waals surface area (Å²) in [5.41, 5.74) is 1.11. The minimum Gasteiger partial charge on any atom is -0.462 e. The fraction of sp³-hybridized carbons (Fsp3) is 0.167. The number of aromatic nitrogens is 2. The van der Waals surface area contributed by atoms with Crippen molar-refractivity contribution in [1.82, 2.24) is 9.78 Å². The van der Waals surface area contributed by atoms with Gasteiger partial charge in [0.25, 0.3) is 0 Å². The van der Waals surface area contributed by atoms with Gasteiger partial charge in [-0.2, -0.15) is 5.10 Å². The molecule has 0 aliphatic heterocycles. The number of esters is 1. The maximum Gasteiger partial charge on any atom is 0.341 e. The van der Waals surface area contributed by atoms with Crippen LogP contribution in [0, 0.1) is 10.1 Å². The number of ether oxygens (including phenoxy) is 1. The zero-order valence-corrected chi connectivity index (χ0v) is 16.7. The lowest BCUT2D eigenvalue weighted by Crippen LogP contribution is -2.20. The van der Waals surface area contributed by atoms with E-state index in [9.17, 15) is 19.7 Å². The molecule has 1 N–H and O–H groups in total. The molecule has 9 nitrogen and oxygen atoms in total. The lowest BCUT2D eigenvalue weighted by Gasteiger charge is -2.09. The molecule has 150 valence electrons. The Labute approximate surface area is 174 Å². The van der Waals surface area contributed by atoms with Gasteiger partial charge in [-0.3, -0.25) is 19.6 Å². The van der Waals surface area contributed by atoms with Crippen molar-refractivity contribution in [3.8, 4) is 11.1 Å². The summed E-state index contributed by atoms with van der Waals surface area (Å²) in [6.07, 6.45) is 2.19. The third-order valence-corrected chi connectivity index (χ3v) is 5.11. The Morgan fingerprint density at radius 1 is 1.34 bits per heavy atom. The largest absolute Gasteiger partial charge is 0.462 e. The topological polar surface area (TPSA) is 116 Å². The molecule has 0 radical (unpaired) electrons. The van der Waals surface area contributed by atoms with Crippen molar-refractivity contribution in [1.29, 1.82) is 0 Å². The number of benzene rings is 1. The summed E-state index contributed by atoms with van der Waals surface area (Å²) < 4.78 is 6.59. The Hall–Kier alpha value is -3.24. The first-order valence-electron chi connectivity index (χ1n) is 8.42. The summed E-state index contributed by atoms with van der Waals surface area (Å²) in [6.45, 7) is 1.56. The molecule has 1 aromatic carbocycles. The number of hydrogen-bond acceptors (Lipinski definition) is 7. The molecule has 2 aromatic heterocycles. The number of rotatable bonds is 7. The molecule has 29 heavy (non-hydrogen) atoms. The number of anilines is 1. The lowest BCUT2D eigenvalue weighted by atomic mass is 10.0. The number of hydrogen-bond donors (Lipinski definition) is 1. The third kappa shape index (κ3) is 4.61. The molecule has 2 heterocycles. The van der Waals surface area contributed by atoms with Crippen molar-refractivity contribution in [2.75, 3.05) is 11.9 Å². The van der Waals surface area contributed by atoms with Gasteiger partial charge in [-0.05, 0) is 12.5 Å². The normalized spacial score (nSPS) is 10.6. The number of nitrogens with zero attached hydrogens (tertiary/aromatic N) is 3. The lowest BCUT2D eigenvalue weighted by molar-refractivity contribution is -0.385. The van der Waals surface area contributed by atoms with Gasteiger partial charge in [0.1, 0.15) is 33.8 Å². The molecule has 0 unspecified atom stereocenters. The molecule has 0 aliphatic rings. The van der Waals surface area contributed by atoms with Gasteiger partial charge in [-0.1, -0.05) is 41.9 Å². The highest BCUT2D eigenvalue weighted by Crippen LogP contribution is 2.43. The Morgan fingerprint density at radius 3 is 2.69 bits per heavy atom. The van der Waals surface area contributed by atoms with Crippen LogP contribution in [0.5, 0.6) is 0 Å². The Balaban J connectivity index is 1.90. The van der Waals surface area contributed by atoms with E-state index in [4.69, 9.17) is 16.3 Å². The highest BCUT2D eigenvalue weighted by atomic mass is 35.5. The summed E-state index contributed by atoms with van der Waals surface area (Å²) in [5.74, 6) is -1.13. The van der Waals surface area contributed by atoms with Crippen molar-refractivity contribution in [3.05, 3.63) is 62.7 Å². The standard InChI is InChI=1S/C18H15ClN4O5S/c1-2-28-18(25)15-14(11-6-4-3-5-7-11)16(19)29-17(15)21-13(24)10-22-9-12(8-20-22)23(26)27/h3-9H,2,10H2,1H3,(H,21,24). The van der Waals surface area contributed by atoms with E-state index in [2.05, 4.69) is 10.4 Å². The van der Waals surface area contributed by atoms with Gasteiger partial charge in [0.2, 0.25) is 5.91 Å². The summed E-state index contributed by atoms with van der Waals surface area (Å²) in [5, 5.41) is 17.4. The number of carbonyl (C=O) groups is 2. The SMILES string of the molecule is CCOC(=O)c1c(NC(=O)Cn2cc([N+](=O)[O-])cn2)sc(Cl)c1-c1ccccc1. The quantitative estimate of drug-likeness (QED) is 0.341. The van der Waals surface area contributed by atoms with Gasteiger partial charge in [-0.25, -0.2) is 4.79 Å². The number of nitrogens with one attached hydrogen (secondary N) is 1. The molecule has 0 saturated heterocycles. The van der Waals surface area contributed by atoms with Crippen LogP contribution in [-0.2, 0) is 16.1 Å². The van der Waals surface area contributed by atoms with Gasteiger partial charge < -0.3 is 10.1 Å². The molecule has 11 heteroatoms. The van der Waals surface area contributed by atoms with E-state index in [-0.39, 0.29) is 29.4 Å². The predicted octanol–water partition coefficient (Wildman–Crippen LogP) is 3.99. The van der Waals surface area contributed by atoms with Crippen molar-refractivity contribution >= 4 is 45.5 Å². The maximum absolute atomic E-state index is 12.6. The third-order valence-electron chi connectivity index (χ3n) is 3.80. The van der Waals surface area contributed by atoms with E-state index < -0.39 is 16.8 Å². The van der Waals surface area contributed by atoms with Gasteiger partial charge in [-0.15, -0.1) is 11.3 Å². The summed E-state index contributed by atoms with van der Waals surface area (Å²) in [7, 11) is 0. The van der Waals surface area contributed by atoms with Gasteiger partial charge in [0.05, 0.1) is 11.5 Å². The van der Waals surface area contributed by atoms with Crippen LogP contribution in [0.1, 0.15) is 17.3 Å². The van der Waals surface area contributed by atoms with Crippen molar-refractivity contribution in [3.63, 3.8) is 0 Å². The second kappa shape index (κ2) is 8.84. The van der Waals surface area contributed by atoms with Crippen LogP contribution >= 0.6 is 22.9 Å². The van der Waals surface area contributed by atoms with Crippen LogP contribution < -0.4 is 5.32 Å². The zero-order valence-electron chi connectivity index (χ0n) is 15.1. The fourth-order valence-electron chi connectivity index (χ4n) is 2.60. The second-order valence-corrected chi connectivity index (χ2v) is 7.37. The van der Waals surface area contributed by atoms with Crippen molar-refractivity contribution in [2.45, 2.75) is 13.5 Å². The van der Waals surface area contributed by atoms with E-state index in [1.165, 1.54) is 0 Å². The van der Waals surface area contributed by atoms with Crippen LogP contribution in [0.3, 0.4) is 0 Å². The van der Waals surface area contributed by atoms with E-state index in [0.29, 0.717) is 15.5 Å². The minimum absolute atomic E-state index is 0.158. The number of thiophene rings is 1. The van der Waals surface area contributed by atoms with Crippen LogP contribution in [-0.4, -0.2) is 33.2 Å². The second-order valence-electron chi connectivity index (χ2n) is 5.74. The predicted molar refractivity (Wildman–Crippen MR) is 108 cm³/mol. The minimum atomic E-state index is -0.612. The monoisotopic (exact) mass is 434 g/mol. The van der Waals surface area contributed by atoms with Crippen molar-refractivity contribution < 1.29 is 19.2 Å². The highest BCUT2D eigenvalue weighted by molar-refractivity contribution is 7.21. The Bertz CT molecular complexity index is 1060. The smallest absolute Gasteiger partial charge is 0.341 e. The van der Waals surface area contributed by atoms with E-state index in [1.54, 1.807) is 31.2 Å². The molecule has 0 spiro atoms. The first-order valence-corrected chi connectivity index (χ1v) is 9.61. The zero-order chi connectivity index (χ0) is 21.0.